The summed E-state index contributed by atoms with van der Waals surface area (Å²) in [6, 6.07) is 15.6. The van der Waals surface area contributed by atoms with Gasteiger partial charge in [-0.3, -0.25) is 19.3 Å². The second kappa shape index (κ2) is 17.3. The summed E-state index contributed by atoms with van der Waals surface area (Å²) in [5, 5.41) is 13.5. The molecule has 2 aliphatic heterocycles. The van der Waals surface area contributed by atoms with Gasteiger partial charge in [-0.2, -0.15) is 5.10 Å². The molecule has 55 heavy (non-hydrogen) atoms. The fraction of sp³-hybridized carbons (Fsp3) is 0.359. The number of nitrogens with one attached hydrogen (secondary N) is 1. The van der Waals surface area contributed by atoms with Gasteiger partial charge < -0.3 is 38.6 Å². The normalized spacial score (nSPS) is 15.0. The summed E-state index contributed by atoms with van der Waals surface area (Å²) >= 11 is 0. The number of hydrogen-bond donors (Lipinski definition) is 2. The molecule has 0 saturated carbocycles. The van der Waals surface area contributed by atoms with Gasteiger partial charge in [0, 0.05) is 70.5 Å². The van der Waals surface area contributed by atoms with Crippen LogP contribution in [0.15, 0.2) is 70.7 Å². The zero-order valence-corrected chi connectivity index (χ0v) is 31.0. The lowest BCUT2D eigenvalue weighted by atomic mass is 10.1. The average molecular weight is 758 g/mol. The number of carbonyl (C=O) groups excluding carboxylic acids is 2. The van der Waals surface area contributed by atoms with E-state index in [1.54, 1.807) is 52.7 Å². The van der Waals surface area contributed by atoms with Gasteiger partial charge in [-0.1, -0.05) is 12.1 Å². The highest BCUT2D eigenvalue weighted by atomic mass is 19.1. The number of ether oxygens (including phenoxy) is 3. The van der Waals surface area contributed by atoms with Gasteiger partial charge in [0.15, 0.2) is 18.1 Å². The van der Waals surface area contributed by atoms with Gasteiger partial charge in [0.25, 0.3) is 11.8 Å². The number of carbonyl (C=O) groups is 3. The maximum Gasteiger partial charge on any atom is 0.341 e. The lowest BCUT2D eigenvalue weighted by molar-refractivity contribution is -0.133. The standard InChI is InChI=1S/C39H44FN7O8/c1-4-44-23-28(39(51)52)38(50)27-20-29(40)32(21-31(27)44)46-15-17-47(18-16-46)37(49)25-55-35-19-26(9-10-34(35)54-3)22-41-42-36(48)24-43-11-13-45(14-12-43)30-7-5-6-8-33(30)53-2/h5-10,19-23H,4,11-18,24-25H2,1-3H3,(H,42,48)(H,51,52)/b41-22+. The van der Waals surface area contributed by atoms with E-state index in [1.165, 1.54) is 19.5 Å². The lowest BCUT2D eigenvalue weighted by Gasteiger charge is -2.36. The molecule has 16 heteroatoms. The molecule has 0 radical (unpaired) electrons. The number of nitrogens with zero attached hydrogens (tertiary/aromatic N) is 6. The fourth-order valence-electron chi connectivity index (χ4n) is 6.82. The van der Waals surface area contributed by atoms with Gasteiger partial charge in [0.2, 0.25) is 5.43 Å². The van der Waals surface area contributed by atoms with Crippen molar-refractivity contribution in [2.45, 2.75) is 13.5 Å². The Morgan fingerprint density at radius 1 is 0.873 bits per heavy atom. The van der Waals surface area contributed by atoms with Crippen molar-refractivity contribution in [3.05, 3.63) is 88.0 Å². The number of pyridine rings is 1. The van der Waals surface area contributed by atoms with Crippen LogP contribution in [-0.4, -0.2) is 123 Å². The first-order valence-electron chi connectivity index (χ1n) is 18.0. The predicted molar refractivity (Wildman–Crippen MR) is 205 cm³/mol. The molecule has 290 valence electrons. The molecular formula is C39H44FN7O8. The first-order valence-corrected chi connectivity index (χ1v) is 18.0. The molecular weight excluding hydrogens is 713 g/mol. The SMILES string of the molecule is CCn1cc(C(=O)O)c(=O)c2cc(F)c(N3CCN(C(=O)COc4cc(/C=N/NC(=O)CN5CCN(c6ccccc6OC)CC5)ccc4OC)CC3)cc21. The van der Waals surface area contributed by atoms with Crippen LogP contribution in [0.25, 0.3) is 10.9 Å². The molecule has 2 fully saturated rings. The van der Waals surface area contributed by atoms with Crippen molar-refractivity contribution in [3.8, 4) is 17.2 Å². The number of hydrogen-bond acceptors (Lipinski definition) is 11. The number of para-hydroxylation sites is 2. The first kappa shape index (κ1) is 38.6. The second-order valence-electron chi connectivity index (χ2n) is 13.1. The number of amides is 2. The number of halogens is 1. The first-order chi connectivity index (χ1) is 26.6. The van der Waals surface area contributed by atoms with Crippen LogP contribution in [0.3, 0.4) is 0 Å². The summed E-state index contributed by atoms with van der Waals surface area (Å²) in [6.45, 7) is 6.36. The van der Waals surface area contributed by atoms with Crippen LogP contribution in [0.1, 0.15) is 22.8 Å². The van der Waals surface area contributed by atoms with Gasteiger partial charge in [-0.05, 0) is 55.0 Å². The van der Waals surface area contributed by atoms with Gasteiger partial charge in [-0.15, -0.1) is 0 Å². The van der Waals surface area contributed by atoms with Gasteiger partial charge in [-0.25, -0.2) is 14.6 Å². The Morgan fingerprint density at radius 3 is 2.25 bits per heavy atom. The third-order valence-electron chi connectivity index (χ3n) is 9.80. The van der Waals surface area contributed by atoms with Crippen molar-refractivity contribution < 1.29 is 38.1 Å². The summed E-state index contributed by atoms with van der Waals surface area (Å²) in [4.78, 5) is 57.9. The van der Waals surface area contributed by atoms with Crippen LogP contribution < -0.4 is 34.9 Å². The van der Waals surface area contributed by atoms with Crippen molar-refractivity contribution in [1.29, 1.82) is 0 Å². The molecule has 15 nitrogen and oxygen atoms in total. The Hall–Kier alpha value is -6.16. The number of aromatic nitrogens is 1. The van der Waals surface area contributed by atoms with E-state index in [-0.39, 0.29) is 36.0 Å². The number of carboxylic acids is 1. The number of methoxy groups -OCH3 is 2. The zero-order chi connectivity index (χ0) is 39.1. The third-order valence-corrected chi connectivity index (χ3v) is 9.80. The number of fused-ring (bicyclic) bond motifs is 1. The number of piperazine rings is 2. The molecule has 0 aliphatic carbocycles. The topological polar surface area (TPSA) is 158 Å². The largest absolute Gasteiger partial charge is 0.495 e. The highest BCUT2D eigenvalue weighted by Gasteiger charge is 2.26. The number of aromatic carboxylic acids is 1. The molecule has 3 heterocycles. The van der Waals surface area contributed by atoms with E-state index in [2.05, 4.69) is 20.3 Å². The van der Waals surface area contributed by atoms with E-state index in [4.69, 9.17) is 14.2 Å². The highest BCUT2D eigenvalue weighted by molar-refractivity contribution is 5.93. The minimum Gasteiger partial charge on any atom is -0.495 e. The van der Waals surface area contributed by atoms with Crippen LogP contribution in [0.2, 0.25) is 0 Å². The molecule has 2 amide bonds. The molecule has 0 atom stereocenters. The van der Waals surface area contributed by atoms with E-state index in [9.17, 15) is 24.3 Å². The van der Waals surface area contributed by atoms with Crippen molar-refractivity contribution in [3.63, 3.8) is 0 Å². The maximum absolute atomic E-state index is 15.3. The smallest absolute Gasteiger partial charge is 0.341 e. The Balaban J connectivity index is 0.992. The van der Waals surface area contributed by atoms with Crippen LogP contribution >= 0.6 is 0 Å². The van der Waals surface area contributed by atoms with E-state index >= 15 is 4.39 Å². The number of hydrazone groups is 1. The number of carboxylic acid groups (broad SMARTS) is 1. The van der Waals surface area contributed by atoms with E-state index in [0.29, 0.717) is 68.4 Å². The minimum atomic E-state index is -1.37. The lowest BCUT2D eigenvalue weighted by Crippen LogP contribution is -2.50. The molecule has 2 saturated heterocycles. The number of aryl methyl sites for hydroxylation is 1. The Labute approximate surface area is 317 Å². The quantitative estimate of drug-likeness (QED) is 0.153. The van der Waals surface area contributed by atoms with Crippen molar-refractivity contribution in [1.82, 2.24) is 19.8 Å². The summed E-state index contributed by atoms with van der Waals surface area (Å²) in [5.41, 5.74) is 3.78. The number of rotatable bonds is 13. The third kappa shape index (κ3) is 8.81. The van der Waals surface area contributed by atoms with Crippen LogP contribution in [0, 0.1) is 5.82 Å². The highest BCUT2D eigenvalue weighted by Crippen LogP contribution is 2.30. The zero-order valence-electron chi connectivity index (χ0n) is 31.0. The van der Waals surface area contributed by atoms with Crippen molar-refractivity contribution in [2.24, 2.45) is 5.10 Å². The van der Waals surface area contributed by atoms with Crippen LogP contribution in [0.5, 0.6) is 17.2 Å². The van der Waals surface area contributed by atoms with Gasteiger partial charge in [0.1, 0.15) is 17.1 Å². The Bertz CT molecular complexity index is 2140. The van der Waals surface area contributed by atoms with Gasteiger partial charge >= 0.3 is 5.97 Å². The predicted octanol–water partition coefficient (Wildman–Crippen LogP) is 2.88. The van der Waals surface area contributed by atoms with Gasteiger partial charge in [0.05, 0.1) is 43.9 Å². The molecule has 2 aliphatic rings. The Morgan fingerprint density at radius 2 is 1.56 bits per heavy atom. The fourth-order valence-corrected chi connectivity index (χ4v) is 6.82. The monoisotopic (exact) mass is 757 g/mol. The molecule has 2 N–H and O–H groups in total. The Kier molecular flexibility index (Phi) is 12.1. The molecule has 0 bridgehead atoms. The van der Waals surface area contributed by atoms with E-state index < -0.39 is 22.8 Å². The molecule has 0 spiro atoms. The molecule has 6 rings (SSSR count). The van der Waals surface area contributed by atoms with E-state index in [1.807, 2.05) is 24.3 Å². The minimum absolute atomic E-state index is 0.00392. The summed E-state index contributed by atoms with van der Waals surface area (Å²) < 4.78 is 33.7. The van der Waals surface area contributed by atoms with Crippen molar-refractivity contribution in [2.75, 3.05) is 89.5 Å². The molecule has 4 aromatic rings. The van der Waals surface area contributed by atoms with Crippen LogP contribution in [0.4, 0.5) is 15.8 Å². The molecule has 0 unspecified atom stereocenters. The van der Waals surface area contributed by atoms with Crippen molar-refractivity contribution >= 4 is 46.3 Å². The molecule has 3 aromatic carbocycles. The summed E-state index contributed by atoms with van der Waals surface area (Å²) in [5.74, 6) is -0.960. The summed E-state index contributed by atoms with van der Waals surface area (Å²) in [7, 11) is 3.15. The van der Waals surface area contributed by atoms with Crippen LogP contribution in [-0.2, 0) is 16.1 Å². The number of anilines is 2. The average Bonchev–Trinajstić information content (AvgIpc) is 3.20. The molecule has 1 aromatic heterocycles. The second-order valence-corrected chi connectivity index (χ2v) is 13.1. The van der Waals surface area contributed by atoms with E-state index in [0.717, 1.165) is 30.6 Å². The number of benzene rings is 3. The maximum atomic E-state index is 15.3. The summed E-state index contributed by atoms with van der Waals surface area (Å²) in [6.07, 6.45) is 2.76.